The molecular formula is C25H19ClF4N4O3. The molecule has 0 saturated carbocycles. The Balaban J connectivity index is 1.57. The Bertz CT molecular complexity index is 1310. The van der Waals surface area contributed by atoms with E-state index in [0.717, 1.165) is 24.0 Å². The molecule has 0 aliphatic carbocycles. The zero-order chi connectivity index (χ0) is 26.7. The largest absolute Gasteiger partial charge is 0.573 e. The van der Waals surface area contributed by atoms with Gasteiger partial charge in [0.15, 0.2) is 0 Å². The number of carbonyl (C=O) groups is 2. The molecular weight excluding hydrogens is 516 g/mol. The number of nitrogens with zero attached hydrogens (tertiary/aromatic N) is 4. The highest BCUT2D eigenvalue weighted by molar-refractivity contribution is 6.30. The smallest absolute Gasteiger partial charge is 0.406 e. The van der Waals surface area contributed by atoms with E-state index < -0.39 is 29.7 Å². The van der Waals surface area contributed by atoms with Crippen LogP contribution in [0.25, 0.3) is 0 Å². The lowest BCUT2D eigenvalue weighted by Gasteiger charge is -2.23. The van der Waals surface area contributed by atoms with Crippen molar-refractivity contribution in [3.05, 3.63) is 89.0 Å². The summed E-state index contributed by atoms with van der Waals surface area (Å²) in [4.78, 5) is 30.6. The van der Waals surface area contributed by atoms with Crippen molar-refractivity contribution in [2.24, 2.45) is 5.10 Å². The number of carbonyl (C=O) groups excluding carboxylic acids is 2. The van der Waals surface area contributed by atoms with Crippen LogP contribution in [0.4, 0.5) is 23.2 Å². The van der Waals surface area contributed by atoms with E-state index in [2.05, 4.69) is 14.8 Å². The van der Waals surface area contributed by atoms with Crippen molar-refractivity contribution < 1.29 is 31.9 Å². The SMILES string of the molecule is CC(=O)N(C(=O)CN1CC(c2ccc(Cl)cn2)C(c2ccc(F)cc2)=N1)c1ccc(OC(F)(F)F)cc1. The highest BCUT2D eigenvalue weighted by atomic mass is 35.5. The topological polar surface area (TPSA) is 75.1 Å². The Morgan fingerprint density at radius 1 is 1.08 bits per heavy atom. The Morgan fingerprint density at radius 2 is 1.76 bits per heavy atom. The van der Waals surface area contributed by atoms with Crippen molar-refractivity contribution in [1.29, 1.82) is 0 Å². The third kappa shape index (κ3) is 6.42. The lowest BCUT2D eigenvalue weighted by atomic mass is 9.94. The summed E-state index contributed by atoms with van der Waals surface area (Å²) >= 11 is 5.96. The number of ether oxygens (including phenoxy) is 1. The molecule has 7 nitrogen and oxygen atoms in total. The Kier molecular flexibility index (Phi) is 7.44. The van der Waals surface area contributed by atoms with E-state index in [1.807, 2.05) is 0 Å². The van der Waals surface area contributed by atoms with Gasteiger partial charge in [-0.2, -0.15) is 5.10 Å². The van der Waals surface area contributed by atoms with E-state index in [0.29, 0.717) is 22.0 Å². The molecule has 37 heavy (non-hydrogen) atoms. The van der Waals surface area contributed by atoms with Gasteiger partial charge in [0.25, 0.3) is 5.91 Å². The van der Waals surface area contributed by atoms with Crippen LogP contribution in [-0.2, 0) is 9.59 Å². The van der Waals surface area contributed by atoms with Crippen LogP contribution >= 0.6 is 11.6 Å². The van der Waals surface area contributed by atoms with Gasteiger partial charge in [0.05, 0.1) is 34.6 Å². The monoisotopic (exact) mass is 534 g/mol. The van der Waals surface area contributed by atoms with Gasteiger partial charge in [-0.05, 0) is 54.1 Å². The van der Waals surface area contributed by atoms with E-state index in [9.17, 15) is 27.2 Å². The molecule has 12 heteroatoms. The van der Waals surface area contributed by atoms with Gasteiger partial charge in [0.2, 0.25) is 5.91 Å². The van der Waals surface area contributed by atoms with Gasteiger partial charge < -0.3 is 4.74 Å². The standard InChI is InChI=1S/C25H19ClF4N4O3/c1-15(35)34(19-7-9-20(10-8-19)37-25(28,29)30)23(36)14-33-13-21(22-11-4-17(26)12-31-22)24(32-33)16-2-5-18(27)6-3-16/h2-12,21H,13-14H2,1H3. The third-order valence-electron chi connectivity index (χ3n) is 5.43. The summed E-state index contributed by atoms with van der Waals surface area (Å²) in [5, 5.41) is 6.45. The van der Waals surface area contributed by atoms with Crippen molar-refractivity contribution in [3.63, 3.8) is 0 Å². The summed E-state index contributed by atoms with van der Waals surface area (Å²) in [6.07, 6.45) is -3.39. The third-order valence-corrected chi connectivity index (χ3v) is 5.65. The molecule has 0 spiro atoms. The zero-order valence-corrected chi connectivity index (χ0v) is 20.0. The van der Waals surface area contributed by atoms with Crippen molar-refractivity contribution in [2.45, 2.75) is 19.2 Å². The fourth-order valence-corrected chi connectivity index (χ4v) is 4.00. The van der Waals surface area contributed by atoms with E-state index in [1.165, 1.54) is 35.5 Å². The van der Waals surface area contributed by atoms with E-state index >= 15 is 0 Å². The van der Waals surface area contributed by atoms with E-state index in [-0.39, 0.29) is 24.7 Å². The van der Waals surface area contributed by atoms with E-state index in [4.69, 9.17) is 11.6 Å². The first-order valence-corrected chi connectivity index (χ1v) is 11.3. The number of amides is 2. The van der Waals surface area contributed by atoms with Crippen LogP contribution in [0.3, 0.4) is 0 Å². The van der Waals surface area contributed by atoms with Gasteiger partial charge >= 0.3 is 6.36 Å². The zero-order valence-electron chi connectivity index (χ0n) is 19.2. The average Bonchev–Trinajstić information content (AvgIpc) is 3.23. The first-order chi connectivity index (χ1) is 17.5. The van der Waals surface area contributed by atoms with Gasteiger partial charge in [0.1, 0.15) is 18.1 Å². The number of hydrazone groups is 1. The predicted octanol–water partition coefficient (Wildman–Crippen LogP) is 5.16. The summed E-state index contributed by atoms with van der Waals surface area (Å²) in [5.74, 6) is -2.56. The minimum absolute atomic E-state index is 0.0740. The van der Waals surface area contributed by atoms with E-state index in [1.54, 1.807) is 24.3 Å². The maximum atomic E-state index is 13.5. The van der Waals surface area contributed by atoms with Gasteiger partial charge in [-0.1, -0.05) is 23.7 Å². The van der Waals surface area contributed by atoms with Crippen LogP contribution in [0.5, 0.6) is 5.75 Å². The number of alkyl halides is 3. The molecule has 2 aromatic carbocycles. The maximum Gasteiger partial charge on any atom is 0.573 e. The molecule has 192 valence electrons. The van der Waals surface area contributed by atoms with Crippen molar-refractivity contribution in [2.75, 3.05) is 18.0 Å². The molecule has 0 saturated heterocycles. The van der Waals surface area contributed by atoms with Crippen molar-refractivity contribution >= 4 is 34.8 Å². The van der Waals surface area contributed by atoms with Crippen LogP contribution in [0.2, 0.25) is 5.02 Å². The van der Waals surface area contributed by atoms with Crippen LogP contribution in [0.15, 0.2) is 72.0 Å². The lowest BCUT2D eigenvalue weighted by Crippen LogP contribution is -2.41. The summed E-state index contributed by atoms with van der Waals surface area (Å²) in [7, 11) is 0. The molecule has 2 amide bonds. The second-order valence-corrected chi connectivity index (χ2v) is 8.52. The number of pyridine rings is 1. The maximum absolute atomic E-state index is 13.5. The lowest BCUT2D eigenvalue weighted by molar-refractivity contribution is -0.274. The second-order valence-electron chi connectivity index (χ2n) is 8.08. The van der Waals surface area contributed by atoms with Crippen molar-refractivity contribution in [1.82, 2.24) is 9.99 Å². The molecule has 3 aromatic rings. The molecule has 1 aliphatic rings. The molecule has 0 N–H and O–H groups in total. The quantitative estimate of drug-likeness (QED) is 0.409. The molecule has 1 atom stereocenters. The summed E-state index contributed by atoms with van der Waals surface area (Å²) in [6.45, 7) is 1.09. The Hall–Kier alpha value is -3.99. The highest BCUT2D eigenvalue weighted by Crippen LogP contribution is 2.29. The fourth-order valence-electron chi connectivity index (χ4n) is 3.89. The molecule has 1 aliphatic heterocycles. The van der Waals surface area contributed by atoms with Gasteiger partial charge in [-0.15, -0.1) is 13.2 Å². The summed E-state index contributed by atoms with van der Waals surface area (Å²) < 4.78 is 54.7. The number of aromatic nitrogens is 1. The molecule has 0 radical (unpaired) electrons. The highest BCUT2D eigenvalue weighted by Gasteiger charge is 2.33. The molecule has 1 aromatic heterocycles. The van der Waals surface area contributed by atoms with Crippen LogP contribution in [-0.4, -0.2) is 47.0 Å². The summed E-state index contributed by atoms with van der Waals surface area (Å²) in [5.41, 5.74) is 1.88. The second kappa shape index (κ2) is 10.6. The number of hydrogen-bond donors (Lipinski definition) is 0. The first kappa shape index (κ1) is 26.1. The number of imide groups is 1. The Labute approximate surface area is 213 Å². The molecule has 1 unspecified atom stereocenters. The fraction of sp³-hybridized carbons (Fsp3) is 0.200. The number of benzene rings is 2. The normalized spacial score (nSPS) is 15.4. The van der Waals surface area contributed by atoms with Gasteiger partial charge in [-0.25, -0.2) is 9.29 Å². The van der Waals surface area contributed by atoms with Crippen molar-refractivity contribution in [3.8, 4) is 5.75 Å². The molecule has 4 rings (SSSR count). The first-order valence-electron chi connectivity index (χ1n) is 10.9. The number of hydrogen-bond acceptors (Lipinski definition) is 6. The van der Waals surface area contributed by atoms with Gasteiger partial charge in [-0.3, -0.25) is 19.6 Å². The number of rotatable bonds is 6. The van der Waals surface area contributed by atoms with Crippen LogP contribution in [0, 0.1) is 5.82 Å². The summed E-state index contributed by atoms with van der Waals surface area (Å²) in [6, 6.07) is 13.5. The molecule has 0 bridgehead atoms. The van der Waals surface area contributed by atoms with Gasteiger partial charge in [0, 0.05) is 13.1 Å². The van der Waals surface area contributed by atoms with Crippen LogP contribution in [0.1, 0.15) is 24.1 Å². The number of halogens is 5. The van der Waals surface area contributed by atoms with Crippen LogP contribution < -0.4 is 9.64 Å². The molecule has 2 heterocycles. The molecule has 0 fully saturated rings. The minimum atomic E-state index is -4.87. The number of anilines is 1. The average molecular weight is 535 g/mol. The predicted molar refractivity (Wildman–Crippen MR) is 128 cm³/mol. The minimum Gasteiger partial charge on any atom is -0.406 e. The Morgan fingerprint density at radius 3 is 2.32 bits per heavy atom.